The first-order chi connectivity index (χ1) is 10.7. The Morgan fingerprint density at radius 3 is 2.83 bits per heavy atom. The van der Waals surface area contributed by atoms with Gasteiger partial charge in [-0.2, -0.15) is 0 Å². The summed E-state index contributed by atoms with van der Waals surface area (Å²) in [7, 11) is 0. The zero-order valence-corrected chi connectivity index (χ0v) is 15.5. The van der Waals surface area contributed by atoms with Crippen LogP contribution in [0.3, 0.4) is 0 Å². The maximum atomic E-state index is 12.8. The highest BCUT2D eigenvalue weighted by Gasteiger charge is 2.38. The van der Waals surface area contributed by atoms with E-state index in [0.29, 0.717) is 5.41 Å². The molecule has 0 bridgehead atoms. The first-order valence-corrected chi connectivity index (χ1v) is 9.58. The smallest absolute Gasteiger partial charge is 0.263 e. The van der Waals surface area contributed by atoms with Gasteiger partial charge in [0.25, 0.3) is 5.91 Å². The average molecular weight is 355 g/mol. The number of halogens is 1. The molecule has 128 valence electrons. The molecule has 2 aliphatic heterocycles. The summed E-state index contributed by atoms with van der Waals surface area (Å²) in [5, 5.41) is 3.49. The lowest BCUT2D eigenvalue weighted by Crippen LogP contribution is -2.43. The van der Waals surface area contributed by atoms with Crippen molar-refractivity contribution in [1.82, 2.24) is 10.2 Å². The van der Waals surface area contributed by atoms with Gasteiger partial charge in [0.05, 0.1) is 4.88 Å². The van der Waals surface area contributed by atoms with E-state index in [1.165, 1.54) is 42.5 Å². The molecular weight excluding hydrogens is 328 g/mol. The molecule has 1 spiro atoms. The first-order valence-electron chi connectivity index (χ1n) is 8.77. The van der Waals surface area contributed by atoms with Gasteiger partial charge in [0.1, 0.15) is 0 Å². The van der Waals surface area contributed by atoms with E-state index in [4.69, 9.17) is 0 Å². The molecule has 1 aliphatic carbocycles. The van der Waals surface area contributed by atoms with Gasteiger partial charge in [0.2, 0.25) is 0 Å². The summed E-state index contributed by atoms with van der Waals surface area (Å²) in [4.78, 5) is 17.4. The van der Waals surface area contributed by atoms with E-state index in [0.717, 1.165) is 43.4 Å². The topological polar surface area (TPSA) is 32.3 Å². The molecule has 1 aromatic heterocycles. The summed E-state index contributed by atoms with van der Waals surface area (Å²) in [6.07, 6.45) is 7.25. The second-order valence-corrected chi connectivity index (χ2v) is 8.76. The lowest BCUT2D eigenvalue weighted by atomic mass is 9.78. The number of fused-ring (bicyclic) bond motifs is 1. The Balaban J connectivity index is 0.00000156. The van der Waals surface area contributed by atoms with Crippen LogP contribution < -0.4 is 5.32 Å². The molecule has 5 heteroatoms. The number of amides is 1. The summed E-state index contributed by atoms with van der Waals surface area (Å²) in [6.45, 7) is 6.52. The number of nitrogens with zero attached hydrogens (tertiary/aromatic N) is 1. The van der Waals surface area contributed by atoms with Crippen molar-refractivity contribution in [3.05, 3.63) is 21.4 Å². The van der Waals surface area contributed by atoms with Crippen LogP contribution in [0.2, 0.25) is 0 Å². The van der Waals surface area contributed by atoms with Gasteiger partial charge in [0, 0.05) is 24.5 Å². The molecule has 1 N–H and O–H groups in total. The highest BCUT2D eigenvalue weighted by Crippen LogP contribution is 2.38. The second kappa shape index (κ2) is 6.73. The van der Waals surface area contributed by atoms with E-state index in [1.807, 2.05) is 0 Å². The van der Waals surface area contributed by atoms with Gasteiger partial charge >= 0.3 is 0 Å². The van der Waals surface area contributed by atoms with Crippen LogP contribution in [0.25, 0.3) is 0 Å². The van der Waals surface area contributed by atoms with Crippen LogP contribution in [-0.4, -0.2) is 37.0 Å². The minimum Gasteiger partial charge on any atom is -0.338 e. The Labute approximate surface area is 149 Å². The molecule has 23 heavy (non-hydrogen) atoms. The van der Waals surface area contributed by atoms with Crippen molar-refractivity contribution in [2.45, 2.75) is 45.4 Å². The molecule has 0 aromatic carbocycles. The van der Waals surface area contributed by atoms with Gasteiger partial charge in [-0.15, -0.1) is 23.7 Å². The van der Waals surface area contributed by atoms with Gasteiger partial charge in [0.15, 0.2) is 0 Å². The van der Waals surface area contributed by atoms with Crippen molar-refractivity contribution in [1.29, 1.82) is 0 Å². The highest BCUT2D eigenvalue weighted by atomic mass is 35.5. The fourth-order valence-corrected chi connectivity index (χ4v) is 5.55. The molecule has 3 aliphatic rings. The summed E-state index contributed by atoms with van der Waals surface area (Å²) >= 11 is 1.76. The number of rotatable bonds is 1. The van der Waals surface area contributed by atoms with E-state index >= 15 is 0 Å². The fraction of sp³-hybridized carbons (Fsp3) is 0.722. The number of piperidine rings is 1. The lowest BCUT2D eigenvalue weighted by molar-refractivity contribution is 0.0612. The van der Waals surface area contributed by atoms with Crippen LogP contribution in [0.1, 0.15) is 52.7 Å². The van der Waals surface area contributed by atoms with E-state index in [1.54, 1.807) is 11.3 Å². The van der Waals surface area contributed by atoms with E-state index in [2.05, 4.69) is 23.2 Å². The van der Waals surface area contributed by atoms with Gasteiger partial charge in [-0.1, -0.05) is 6.92 Å². The number of hydrogen-bond donors (Lipinski definition) is 1. The third-order valence-electron chi connectivity index (χ3n) is 5.98. The summed E-state index contributed by atoms with van der Waals surface area (Å²) in [5.74, 6) is 1.06. The monoisotopic (exact) mass is 354 g/mol. The van der Waals surface area contributed by atoms with Crippen molar-refractivity contribution < 1.29 is 4.79 Å². The lowest BCUT2D eigenvalue weighted by Gasteiger charge is -2.38. The van der Waals surface area contributed by atoms with Crippen LogP contribution in [0, 0.1) is 11.3 Å². The van der Waals surface area contributed by atoms with Crippen molar-refractivity contribution in [3.8, 4) is 0 Å². The van der Waals surface area contributed by atoms with Gasteiger partial charge in [-0.25, -0.2) is 0 Å². The first kappa shape index (κ1) is 17.2. The van der Waals surface area contributed by atoms with Gasteiger partial charge in [-0.3, -0.25) is 4.79 Å². The number of nitrogens with one attached hydrogen (secondary N) is 1. The molecular formula is C18H27ClN2OS. The predicted octanol–water partition coefficient (Wildman–Crippen LogP) is 3.51. The fourth-order valence-electron chi connectivity index (χ4n) is 4.37. The van der Waals surface area contributed by atoms with Crippen molar-refractivity contribution in [3.63, 3.8) is 0 Å². The molecule has 1 amide bonds. The minimum atomic E-state index is 0. The molecule has 1 aromatic rings. The highest BCUT2D eigenvalue weighted by molar-refractivity contribution is 7.14. The van der Waals surface area contributed by atoms with E-state index in [9.17, 15) is 4.79 Å². The second-order valence-electron chi connectivity index (χ2n) is 7.63. The molecule has 3 nitrogen and oxygen atoms in total. The standard InChI is InChI=1S/C18H26N2OS.ClH/c1-13-2-3-15-14(10-13)11-16(22-15)17(21)20-8-5-18(6-9-20)4-7-19-12-18;/h11,13,19H,2-10,12H2,1H3;1H. The van der Waals surface area contributed by atoms with Gasteiger partial charge < -0.3 is 10.2 Å². The molecule has 1 atom stereocenters. The van der Waals surface area contributed by atoms with Crippen molar-refractivity contribution in [2.75, 3.05) is 26.2 Å². The molecule has 0 radical (unpaired) electrons. The normalized spacial score (nSPS) is 26.0. The SMILES string of the molecule is CC1CCc2sc(C(=O)N3CCC4(CCNC4)CC3)cc2C1.Cl. The minimum absolute atomic E-state index is 0. The maximum Gasteiger partial charge on any atom is 0.263 e. The average Bonchev–Trinajstić information content (AvgIpc) is 3.14. The Hall–Kier alpha value is -0.580. The number of carbonyl (C=O) groups excluding carboxylic acids is 1. The summed E-state index contributed by atoms with van der Waals surface area (Å²) < 4.78 is 0. The maximum absolute atomic E-state index is 12.8. The summed E-state index contributed by atoms with van der Waals surface area (Å²) in [5.41, 5.74) is 1.93. The Bertz CT molecular complexity index is 570. The van der Waals surface area contributed by atoms with E-state index < -0.39 is 0 Å². The quantitative estimate of drug-likeness (QED) is 0.837. The number of thiophene rings is 1. The molecule has 3 heterocycles. The largest absolute Gasteiger partial charge is 0.338 e. The number of hydrogen-bond acceptors (Lipinski definition) is 3. The van der Waals surface area contributed by atoms with Crippen LogP contribution >= 0.6 is 23.7 Å². The molecule has 4 rings (SSSR count). The van der Waals surface area contributed by atoms with Crippen LogP contribution in [0.5, 0.6) is 0 Å². The molecule has 1 unspecified atom stereocenters. The Kier molecular flexibility index (Phi) is 5.05. The number of aryl methyl sites for hydroxylation is 1. The van der Waals surface area contributed by atoms with Gasteiger partial charge in [-0.05, 0) is 68.0 Å². The van der Waals surface area contributed by atoms with Crippen molar-refractivity contribution in [2.24, 2.45) is 11.3 Å². The molecule has 0 saturated carbocycles. The van der Waals surface area contributed by atoms with E-state index in [-0.39, 0.29) is 18.3 Å². The molecule has 2 fully saturated rings. The van der Waals surface area contributed by atoms with Crippen LogP contribution in [-0.2, 0) is 12.8 Å². The third kappa shape index (κ3) is 3.31. The summed E-state index contributed by atoms with van der Waals surface area (Å²) in [6, 6.07) is 2.19. The Morgan fingerprint density at radius 1 is 1.35 bits per heavy atom. The van der Waals surface area contributed by atoms with Crippen LogP contribution in [0.15, 0.2) is 6.07 Å². The predicted molar refractivity (Wildman–Crippen MR) is 97.8 cm³/mol. The zero-order valence-electron chi connectivity index (χ0n) is 13.9. The zero-order chi connectivity index (χ0) is 15.2. The Morgan fingerprint density at radius 2 is 2.13 bits per heavy atom. The number of carbonyl (C=O) groups is 1. The van der Waals surface area contributed by atoms with Crippen LogP contribution in [0.4, 0.5) is 0 Å². The third-order valence-corrected chi connectivity index (χ3v) is 7.21. The number of likely N-dealkylation sites (tertiary alicyclic amines) is 1. The van der Waals surface area contributed by atoms with Crippen molar-refractivity contribution >= 4 is 29.7 Å². The molecule has 2 saturated heterocycles.